The molecule has 3 nitrogen and oxygen atoms in total. The summed E-state index contributed by atoms with van der Waals surface area (Å²) in [5.74, 6) is 0.0449. The summed E-state index contributed by atoms with van der Waals surface area (Å²) in [6, 6.07) is 5.34. The normalized spacial score (nSPS) is 31.7. The number of aliphatic hydroxyl groups is 1. The Labute approximate surface area is 141 Å². The van der Waals surface area contributed by atoms with Gasteiger partial charge in [-0.1, -0.05) is 48.2 Å². The summed E-state index contributed by atoms with van der Waals surface area (Å²) in [6.45, 7) is 2.15. The van der Waals surface area contributed by atoms with Crippen LogP contribution in [0.15, 0.2) is 18.2 Å². The van der Waals surface area contributed by atoms with E-state index >= 15 is 0 Å². The lowest BCUT2D eigenvalue weighted by Gasteiger charge is -2.52. The fourth-order valence-electron chi connectivity index (χ4n) is 4.17. The summed E-state index contributed by atoms with van der Waals surface area (Å²) in [7, 11) is 0. The molecule has 0 bridgehead atoms. The molecule has 1 aliphatic heterocycles. The number of fused-ring (bicyclic) bond motifs is 1. The van der Waals surface area contributed by atoms with Crippen LogP contribution in [-0.4, -0.2) is 28.1 Å². The zero-order valence-electron chi connectivity index (χ0n) is 12.7. The number of benzene rings is 1. The molecule has 0 spiro atoms. The highest BCUT2D eigenvalue weighted by Crippen LogP contribution is 2.50. The van der Waals surface area contributed by atoms with Crippen molar-refractivity contribution in [3.63, 3.8) is 0 Å². The van der Waals surface area contributed by atoms with Crippen molar-refractivity contribution in [2.24, 2.45) is 5.92 Å². The van der Waals surface area contributed by atoms with Crippen molar-refractivity contribution in [2.45, 2.75) is 50.7 Å². The standard InChI is InChI=1S/C17H21Cl2NO2/c1-11(21)20-10-9-17(22)8-3-2-6-13(17)16(20)12-5-4-7-14(18)15(12)19/h4-5,7,13,16,22H,2-3,6,8-10H2,1H3. The van der Waals surface area contributed by atoms with Crippen LogP contribution in [-0.2, 0) is 4.79 Å². The van der Waals surface area contributed by atoms with E-state index in [-0.39, 0.29) is 17.9 Å². The van der Waals surface area contributed by atoms with Gasteiger partial charge in [0.2, 0.25) is 5.91 Å². The summed E-state index contributed by atoms with van der Waals surface area (Å²) in [5, 5.41) is 12.1. The molecule has 1 aliphatic carbocycles. The van der Waals surface area contributed by atoms with Crippen LogP contribution in [0.2, 0.25) is 10.0 Å². The van der Waals surface area contributed by atoms with Crippen LogP contribution in [0.4, 0.5) is 0 Å². The molecule has 1 saturated heterocycles. The molecule has 0 radical (unpaired) electrons. The molecule has 3 unspecified atom stereocenters. The molecule has 1 heterocycles. The number of hydrogen-bond donors (Lipinski definition) is 1. The van der Waals surface area contributed by atoms with Gasteiger partial charge in [-0.25, -0.2) is 0 Å². The zero-order valence-corrected chi connectivity index (χ0v) is 14.2. The smallest absolute Gasteiger partial charge is 0.219 e. The van der Waals surface area contributed by atoms with E-state index in [4.69, 9.17) is 23.2 Å². The fourth-order valence-corrected chi connectivity index (χ4v) is 4.59. The first-order valence-corrected chi connectivity index (χ1v) is 8.63. The number of piperidine rings is 1. The van der Waals surface area contributed by atoms with Crippen molar-refractivity contribution in [3.05, 3.63) is 33.8 Å². The van der Waals surface area contributed by atoms with E-state index in [1.165, 1.54) is 0 Å². The highest BCUT2D eigenvalue weighted by molar-refractivity contribution is 6.42. The van der Waals surface area contributed by atoms with Gasteiger partial charge >= 0.3 is 0 Å². The molecule has 1 N–H and O–H groups in total. The fraction of sp³-hybridized carbons (Fsp3) is 0.588. The number of likely N-dealkylation sites (tertiary alicyclic amines) is 1. The number of amides is 1. The quantitative estimate of drug-likeness (QED) is 0.831. The molecule has 5 heteroatoms. The van der Waals surface area contributed by atoms with E-state index in [1.54, 1.807) is 13.0 Å². The Kier molecular flexibility index (Phi) is 4.41. The van der Waals surface area contributed by atoms with Crippen molar-refractivity contribution in [3.8, 4) is 0 Å². The van der Waals surface area contributed by atoms with Crippen molar-refractivity contribution < 1.29 is 9.90 Å². The Balaban J connectivity index is 2.08. The van der Waals surface area contributed by atoms with Gasteiger partial charge in [-0.3, -0.25) is 4.79 Å². The Morgan fingerprint density at radius 2 is 2.09 bits per heavy atom. The Bertz CT molecular complexity index is 592. The van der Waals surface area contributed by atoms with Gasteiger partial charge in [-0.05, 0) is 30.9 Å². The van der Waals surface area contributed by atoms with Gasteiger partial charge in [0.05, 0.1) is 21.7 Å². The third-order valence-electron chi connectivity index (χ3n) is 5.27. The number of halogens is 2. The molecule has 1 saturated carbocycles. The maximum atomic E-state index is 12.1. The number of hydrogen-bond acceptors (Lipinski definition) is 2. The largest absolute Gasteiger partial charge is 0.389 e. The third-order valence-corrected chi connectivity index (χ3v) is 6.11. The minimum absolute atomic E-state index is 0.0219. The maximum absolute atomic E-state index is 12.1. The number of carbonyl (C=O) groups is 1. The van der Waals surface area contributed by atoms with Crippen LogP contribution in [0.1, 0.15) is 50.6 Å². The van der Waals surface area contributed by atoms with Crippen LogP contribution in [0.25, 0.3) is 0 Å². The third kappa shape index (κ3) is 2.64. The molecular weight excluding hydrogens is 321 g/mol. The van der Waals surface area contributed by atoms with Gasteiger partial charge in [0, 0.05) is 19.4 Å². The Hall–Kier alpha value is -0.770. The van der Waals surface area contributed by atoms with Crippen LogP contribution in [0, 0.1) is 5.92 Å². The predicted octanol–water partition coefficient (Wildman–Crippen LogP) is 4.21. The lowest BCUT2D eigenvalue weighted by atomic mass is 9.66. The molecule has 1 aromatic carbocycles. The number of rotatable bonds is 1. The van der Waals surface area contributed by atoms with Gasteiger partial charge in [0.1, 0.15) is 0 Å². The van der Waals surface area contributed by atoms with E-state index in [2.05, 4.69) is 0 Å². The van der Waals surface area contributed by atoms with E-state index in [1.807, 2.05) is 17.0 Å². The molecule has 2 aliphatic rings. The van der Waals surface area contributed by atoms with Gasteiger partial charge in [-0.2, -0.15) is 0 Å². The summed E-state index contributed by atoms with van der Waals surface area (Å²) in [5.41, 5.74) is 0.162. The first kappa shape index (κ1) is 16.1. The van der Waals surface area contributed by atoms with Gasteiger partial charge in [-0.15, -0.1) is 0 Å². The Morgan fingerprint density at radius 3 is 2.82 bits per heavy atom. The lowest BCUT2D eigenvalue weighted by molar-refractivity contribution is -0.153. The molecule has 120 valence electrons. The molecule has 2 fully saturated rings. The van der Waals surface area contributed by atoms with E-state index in [0.29, 0.717) is 23.0 Å². The van der Waals surface area contributed by atoms with E-state index in [9.17, 15) is 9.90 Å². The second kappa shape index (κ2) is 6.03. The summed E-state index contributed by atoms with van der Waals surface area (Å²) in [6.07, 6.45) is 4.48. The predicted molar refractivity (Wildman–Crippen MR) is 88.1 cm³/mol. The maximum Gasteiger partial charge on any atom is 0.219 e. The van der Waals surface area contributed by atoms with Crippen molar-refractivity contribution in [1.82, 2.24) is 4.90 Å². The van der Waals surface area contributed by atoms with E-state index in [0.717, 1.165) is 31.2 Å². The Morgan fingerprint density at radius 1 is 1.32 bits per heavy atom. The molecule has 1 aromatic rings. The first-order valence-electron chi connectivity index (χ1n) is 7.87. The van der Waals surface area contributed by atoms with Gasteiger partial charge in [0.25, 0.3) is 0 Å². The molecular formula is C17H21Cl2NO2. The SMILES string of the molecule is CC(=O)N1CCC2(O)CCCCC2C1c1cccc(Cl)c1Cl. The lowest BCUT2D eigenvalue weighted by Crippen LogP contribution is -2.55. The summed E-state index contributed by atoms with van der Waals surface area (Å²) in [4.78, 5) is 14.0. The summed E-state index contributed by atoms with van der Waals surface area (Å²) < 4.78 is 0. The van der Waals surface area contributed by atoms with Crippen LogP contribution in [0.5, 0.6) is 0 Å². The monoisotopic (exact) mass is 341 g/mol. The molecule has 3 atom stereocenters. The van der Waals surface area contributed by atoms with Crippen molar-refractivity contribution in [2.75, 3.05) is 6.54 Å². The minimum atomic E-state index is -0.694. The molecule has 0 aromatic heterocycles. The van der Waals surface area contributed by atoms with Crippen molar-refractivity contribution >= 4 is 29.1 Å². The average molecular weight is 342 g/mol. The van der Waals surface area contributed by atoms with Gasteiger partial charge < -0.3 is 10.0 Å². The topological polar surface area (TPSA) is 40.5 Å². The molecule has 1 amide bonds. The molecule has 22 heavy (non-hydrogen) atoms. The number of nitrogens with zero attached hydrogens (tertiary/aromatic N) is 1. The first-order chi connectivity index (χ1) is 10.4. The van der Waals surface area contributed by atoms with Crippen LogP contribution in [0.3, 0.4) is 0 Å². The highest BCUT2D eigenvalue weighted by Gasteiger charge is 2.50. The molecule has 3 rings (SSSR count). The van der Waals surface area contributed by atoms with Crippen LogP contribution < -0.4 is 0 Å². The minimum Gasteiger partial charge on any atom is -0.389 e. The highest BCUT2D eigenvalue weighted by atomic mass is 35.5. The summed E-state index contributed by atoms with van der Waals surface area (Å²) >= 11 is 12.6. The second-order valence-electron chi connectivity index (χ2n) is 6.51. The van der Waals surface area contributed by atoms with Gasteiger partial charge in [0.15, 0.2) is 0 Å². The number of carbonyl (C=O) groups excluding carboxylic acids is 1. The van der Waals surface area contributed by atoms with E-state index < -0.39 is 5.60 Å². The second-order valence-corrected chi connectivity index (χ2v) is 7.29. The van der Waals surface area contributed by atoms with Crippen LogP contribution >= 0.6 is 23.2 Å². The van der Waals surface area contributed by atoms with Crippen molar-refractivity contribution in [1.29, 1.82) is 0 Å². The zero-order chi connectivity index (χ0) is 15.9. The average Bonchev–Trinajstić information content (AvgIpc) is 2.48.